The Morgan fingerprint density at radius 1 is 1.19 bits per heavy atom. The fourth-order valence-electron chi connectivity index (χ4n) is 3.90. The number of thiophene rings is 1. The molecule has 0 bridgehead atoms. The lowest BCUT2D eigenvalue weighted by molar-refractivity contribution is -0.139. The van der Waals surface area contributed by atoms with E-state index in [1.165, 1.54) is 11.3 Å². The minimum absolute atomic E-state index is 0.278. The number of amides is 2. The molecule has 4 rings (SSSR count). The quantitative estimate of drug-likeness (QED) is 0.646. The molecule has 2 aliphatic heterocycles. The second-order valence-electron chi connectivity index (χ2n) is 7.40. The summed E-state index contributed by atoms with van der Waals surface area (Å²) in [6.07, 6.45) is 0. The van der Waals surface area contributed by atoms with Crippen molar-refractivity contribution in [1.82, 2.24) is 15.5 Å². The van der Waals surface area contributed by atoms with E-state index < -0.39 is 12.0 Å². The third-order valence-corrected chi connectivity index (χ3v) is 6.61. The number of hydrogen-bond acceptors (Lipinski definition) is 6. The highest BCUT2D eigenvalue weighted by Crippen LogP contribution is 2.31. The molecule has 2 N–H and O–H groups in total. The molecule has 0 spiro atoms. The molecule has 9 heteroatoms. The largest absolute Gasteiger partial charge is 0.463 e. The first-order valence-electron chi connectivity index (χ1n) is 10.3. The van der Waals surface area contributed by atoms with Crippen molar-refractivity contribution < 1.29 is 14.3 Å². The summed E-state index contributed by atoms with van der Waals surface area (Å²) in [5.41, 5.74) is 2.23. The lowest BCUT2D eigenvalue weighted by atomic mass is 10.0. The van der Waals surface area contributed by atoms with Crippen molar-refractivity contribution in [2.24, 2.45) is 0 Å². The molecular formula is C22H25ClN4O3S. The average molecular weight is 461 g/mol. The van der Waals surface area contributed by atoms with Gasteiger partial charge in [-0.2, -0.15) is 0 Å². The second kappa shape index (κ2) is 9.72. The van der Waals surface area contributed by atoms with Crippen LogP contribution in [0.4, 0.5) is 10.5 Å². The summed E-state index contributed by atoms with van der Waals surface area (Å²) in [5, 5.41) is 8.39. The molecule has 2 aliphatic rings. The van der Waals surface area contributed by atoms with Gasteiger partial charge in [-0.15, -0.1) is 11.3 Å². The molecule has 1 saturated heterocycles. The van der Waals surface area contributed by atoms with Crippen molar-refractivity contribution in [3.8, 4) is 0 Å². The predicted octanol–water partition coefficient (Wildman–Crippen LogP) is 3.39. The number of urea groups is 1. The maximum Gasteiger partial charge on any atom is 0.338 e. The highest BCUT2D eigenvalue weighted by Gasteiger charge is 2.35. The molecule has 0 saturated carbocycles. The summed E-state index contributed by atoms with van der Waals surface area (Å²) in [7, 11) is 0. The van der Waals surface area contributed by atoms with E-state index in [0.29, 0.717) is 17.8 Å². The first-order chi connectivity index (χ1) is 15.0. The number of ether oxygens (including phenoxy) is 1. The van der Waals surface area contributed by atoms with Gasteiger partial charge in [-0.3, -0.25) is 4.90 Å². The molecule has 31 heavy (non-hydrogen) atoms. The van der Waals surface area contributed by atoms with E-state index in [4.69, 9.17) is 16.3 Å². The van der Waals surface area contributed by atoms with Gasteiger partial charge in [0.05, 0.1) is 18.2 Å². The molecule has 164 valence electrons. The van der Waals surface area contributed by atoms with Crippen LogP contribution in [0.3, 0.4) is 0 Å². The molecule has 7 nitrogen and oxygen atoms in total. The summed E-state index contributed by atoms with van der Waals surface area (Å²) >= 11 is 7.50. The molecule has 1 fully saturated rings. The van der Waals surface area contributed by atoms with Crippen molar-refractivity contribution in [3.05, 3.63) is 62.9 Å². The Morgan fingerprint density at radius 2 is 1.94 bits per heavy atom. The third kappa shape index (κ3) is 5.03. The number of benzene rings is 1. The average Bonchev–Trinajstić information content (AvgIpc) is 3.29. The number of piperazine rings is 1. The Kier molecular flexibility index (Phi) is 6.80. The van der Waals surface area contributed by atoms with Gasteiger partial charge in [0, 0.05) is 54.0 Å². The summed E-state index contributed by atoms with van der Waals surface area (Å²) in [5.74, 6) is -0.400. The normalized spacial score (nSPS) is 19.7. The Balaban J connectivity index is 1.51. The van der Waals surface area contributed by atoms with Crippen molar-refractivity contribution in [2.75, 3.05) is 44.2 Å². The van der Waals surface area contributed by atoms with Gasteiger partial charge in [-0.25, -0.2) is 9.59 Å². The first kappa shape index (κ1) is 21.7. The van der Waals surface area contributed by atoms with Gasteiger partial charge in [-0.05, 0) is 42.6 Å². The summed E-state index contributed by atoms with van der Waals surface area (Å²) < 4.78 is 5.33. The van der Waals surface area contributed by atoms with E-state index in [9.17, 15) is 9.59 Å². The van der Waals surface area contributed by atoms with Crippen LogP contribution in [-0.4, -0.2) is 56.2 Å². The number of esters is 1. The van der Waals surface area contributed by atoms with Crippen LogP contribution in [0.25, 0.3) is 0 Å². The van der Waals surface area contributed by atoms with Crippen LogP contribution in [-0.2, 0) is 9.53 Å². The van der Waals surface area contributed by atoms with Crippen LogP contribution in [0.15, 0.2) is 53.0 Å². The zero-order valence-corrected chi connectivity index (χ0v) is 18.8. The number of nitrogens with one attached hydrogen (secondary N) is 2. The topological polar surface area (TPSA) is 73.9 Å². The van der Waals surface area contributed by atoms with E-state index in [1.807, 2.05) is 41.8 Å². The Bertz CT molecular complexity index is 954. The van der Waals surface area contributed by atoms with Crippen LogP contribution in [0.5, 0.6) is 0 Å². The fraction of sp³-hybridized carbons (Fsp3) is 0.364. The van der Waals surface area contributed by atoms with Crippen molar-refractivity contribution in [2.45, 2.75) is 13.0 Å². The number of carbonyl (C=O) groups is 2. The minimum Gasteiger partial charge on any atom is -0.463 e. The van der Waals surface area contributed by atoms with Crippen LogP contribution in [0.1, 0.15) is 17.8 Å². The number of nitrogens with zero attached hydrogens (tertiary/aromatic N) is 2. The van der Waals surface area contributed by atoms with Gasteiger partial charge >= 0.3 is 12.0 Å². The first-order valence-corrected chi connectivity index (χ1v) is 11.5. The van der Waals surface area contributed by atoms with Gasteiger partial charge in [0.25, 0.3) is 0 Å². The number of rotatable bonds is 6. The van der Waals surface area contributed by atoms with Gasteiger partial charge in [0.15, 0.2) is 0 Å². The van der Waals surface area contributed by atoms with Gasteiger partial charge in [0.1, 0.15) is 0 Å². The predicted molar refractivity (Wildman–Crippen MR) is 122 cm³/mol. The monoisotopic (exact) mass is 460 g/mol. The van der Waals surface area contributed by atoms with Crippen LogP contribution in [0, 0.1) is 0 Å². The van der Waals surface area contributed by atoms with Crippen molar-refractivity contribution in [3.63, 3.8) is 0 Å². The number of carbonyl (C=O) groups excluding carboxylic acids is 2. The van der Waals surface area contributed by atoms with Crippen molar-refractivity contribution in [1.29, 1.82) is 0 Å². The molecule has 2 amide bonds. The van der Waals surface area contributed by atoms with Gasteiger partial charge in [-0.1, -0.05) is 17.7 Å². The van der Waals surface area contributed by atoms with E-state index >= 15 is 0 Å². The molecular weight excluding hydrogens is 436 g/mol. The summed E-state index contributed by atoms with van der Waals surface area (Å²) in [4.78, 5) is 30.7. The highest BCUT2D eigenvalue weighted by atomic mass is 35.5. The number of anilines is 1. The molecule has 0 unspecified atom stereocenters. The SMILES string of the molecule is CCOC(=O)C1=C(CN2CCN(c3ccc(Cl)cc3)CC2)NC(=O)N[C@H]1c1cccs1. The number of hydrogen-bond donors (Lipinski definition) is 2. The lowest BCUT2D eigenvalue weighted by Crippen LogP contribution is -2.51. The van der Waals surface area contributed by atoms with Gasteiger partial charge < -0.3 is 20.3 Å². The summed E-state index contributed by atoms with van der Waals surface area (Å²) in [6.45, 7) is 5.88. The summed E-state index contributed by atoms with van der Waals surface area (Å²) in [6, 6.07) is 10.9. The second-order valence-corrected chi connectivity index (χ2v) is 8.81. The molecule has 3 heterocycles. The molecule has 0 aliphatic carbocycles. The van der Waals surface area contributed by atoms with E-state index in [1.54, 1.807) is 6.92 Å². The van der Waals surface area contributed by atoms with Crippen LogP contribution < -0.4 is 15.5 Å². The Morgan fingerprint density at radius 3 is 2.58 bits per heavy atom. The molecule has 1 aromatic carbocycles. The molecule has 2 aromatic rings. The smallest absolute Gasteiger partial charge is 0.338 e. The molecule has 1 aromatic heterocycles. The minimum atomic E-state index is -0.502. The van der Waals surface area contributed by atoms with E-state index in [2.05, 4.69) is 20.4 Å². The fourth-order valence-corrected chi connectivity index (χ4v) is 4.81. The van der Waals surface area contributed by atoms with Crippen LogP contribution >= 0.6 is 22.9 Å². The third-order valence-electron chi connectivity index (χ3n) is 5.42. The van der Waals surface area contributed by atoms with E-state index in [0.717, 1.165) is 41.8 Å². The zero-order chi connectivity index (χ0) is 21.8. The number of halogens is 1. The Labute approximate surface area is 190 Å². The standard InChI is InChI=1S/C22H25ClN4O3S/c1-2-30-21(28)19-17(24-22(29)25-20(19)18-4-3-13-31-18)14-26-9-11-27(12-10-26)16-7-5-15(23)6-8-16/h3-8,13,20H,2,9-12,14H2,1H3,(H2,24,25,29)/t20-/m0/s1. The van der Waals surface area contributed by atoms with Gasteiger partial charge in [0.2, 0.25) is 0 Å². The molecule has 1 atom stereocenters. The van der Waals surface area contributed by atoms with E-state index in [-0.39, 0.29) is 12.6 Å². The maximum absolute atomic E-state index is 12.8. The maximum atomic E-state index is 12.8. The molecule has 0 radical (unpaired) electrons. The Hall–Kier alpha value is -2.55. The van der Waals surface area contributed by atoms with Crippen LogP contribution in [0.2, 0.25) is 5.02 Å². The van der Waals surface area contributed by atoms with Crippen molar-refractivity contribution >= 4 is 40.6 Å². The lowest BCUT2D eigenvalue weighted by Gasteiger charge is -2.37. The zero-order valence-electron chi connectivity index (χ0n) is 17.3. The highest BCUT2D eigenvalue weighted by molar-refractivity contribution is 7.10.